The lowest BCUT2D eigenvalue weighted by atomic mass is 9.52. The standard InChI is InChI=1S/C23H40O5/c1-15(2)7-21(5,16(3)4)20(26)28-23-10-17-6-18(11-23)9-22(8-17,14-23)27-13-19(25)12-24/h15-19,24-25H,6-14H2,1-5H3. The molecule has 0 aromatic carbocycles. The molecule has 0 amide bonds. The SMILES string of the molecule is CC(C)CC(C)(C(=O)OC12CC3CC(CC(OCC(O)CO)(C3)C1)C2)C(C)C. The van der Waals surface area contributed by atoms with Gasteiger partial charge >= 0.3 is 5.97 Å². The van der Waals surface area contributed by atoms with Gasteiger partial charge in [-0.1, -0.05) is 27.7 Å². The van der Waals surface area contributed by atoms with Crippen molar-refractivity contribution in [3.8, 4) is 0 Å². The number of ether oxygens (including phenoxy) is 2. The van der Waals surface area contributed by atoms with E-state index in [9.17, 15) is 9.90 Å². The highest BCUT2D eigenvalue weighted by Gasteiger charge is 2.61. The van der Waals surface area contributed by atoms with Gasteiger partial charge in [-0.25, -0.2) is 0 Å². The van der Waals surface area contributed by atoms with E-state index >= 15 is 0 Å². The first-order valence-corrected chi connectivity index (χ1v) is 11.2. The van der Waals surface area contributed by atoms with Crippen LogP contribution in [0, 0.1) is 29.1 Å². The van der Waals surface area contributed by atoms with Crippen molar-refractivity contribution in [1.29, 1.82) is 0 Å². The maximum absolute atomic E-state index is 13.4. The largest absolute Gasteiger partial charge is 0.459 e. The molecule has 4 saturated carbocycles. The van der Waals surface area contributed by atoms with Crippen LogP contribution in [0.4, 0.5) is 0 Å². The highest BCUT2D eigenvalue weighted by molar-refractivity contribution is 5.77. The summed E-state index contributed by atoms with van der Waals surface area (Å²) < 4.78 is 12.6. The third kappa shape index (κ3) is 4.27. The van der Waals surface area contributed by atoms with Crippen molar-refractivity contribution in [1.82, 2.24) is 0 Å². The quantitative estimate of drug-likeness (QED) is 0.581. The van der Waals surface area contributed by atoms with E-state index in [1.54, 1.807) is 0 Å². The van der Waals surface area contributed by atoms with Crippen molar-refractivity contribution in [2.75, 3.05) is 13.2 Å². The van der Waals surface area contributed by atoms with E-state index in [1.165, 1.54) is 6.42 Å². The zero-order valence-electron chi connectivity index (χ0n) is 18.4. The van der Waals surface area contributed by atoms with Gasteiger partial charge in [0.25, 0.3) is 0 Å². The van der Waals surface area contributed by atoms with Gasteiger partial charge < -0.3 is 19.7 Å². The lowest BCUT2D eigenvalue weighted by molar-refractivity contribution is -0.244. The zero-order valence-corrected chi connectivity index (χ0v) is 18.4. The molecular formula is C23H40O5. The smallest absolute Gasteiger partial charge is 0.312 e. The third-order valence-electron chi connectivity index (χ3n) is 7.63. The monoisotopic (exact) mass is 396 g/mol. The molecule has 4 unspecified atom stereocenters. The van der Waals surface area contributed by atoms with Gasteiger partial charge in [-0.15, -0.1) is 0 Å². The van der Waals surface area contributed by atoms with Crippen LogP contribution in [0.1, 0.15) is 79.6 Å². The van der Waals surface area contributed by atoms with Crippen LogP contribution in [0.15, 0.2) is 0 Å². The van der Waals surface area contributed by atoms with E-state index in [-0.39, 0.29) is 30.7 Å². The second-order valence-corrected chi connectivity index (χ2v) is 11.0. The second-order valence-electron chi connectivity index (χ2n) is 11.0. The molecule has 0 aliphatic heterocycles. The van der Waals surface area contributed by atoms with Crippen molar-refractivity contribution in [3.05, 3.63) is 0 Å². The Hall–Kier alpha value is -0.650. The van der Waals surface area contributed by atoms with E-state index < -0.39 is 17.1 Å². The Morgan fingerprint density at radius 2 is 1.68 bits per heavy atom. The summed E-state index contributed by atoms with van der Waals surface area (Å²) in [7, 11) is 0. The topological polar surface area (TPSA) is 76.0 Å². The van der Waals surface area contributed by atoms with Crippen LogP contribution in [-0.2, 0) is 14.3 Å². The molecule has 0 radical (unpaired) electrons. The molecule has 0 saturated heterocycles. The predicted octanol–water partition coefficient (Wildman–Crippen LogP) is 3.70. The van der Waals surface area contributed by atoms with Gasteiger partial charge in [-0.05, 0) is 69.1 Å². The van der Waals surface area contributed by atoms with Crippen molar-refractivity contribution < 1.29 is 24.5 Å². The summed E-state index contributed by atoms with van der Waals surface area (Å²) in [5.41, 5.74) is -1.20. The molecule has 5 nitrogen and oxygen atoms in total. The Morgan fingerprint density at radius 1 is 1.11 bits per heavy atom. The minimum absolute atomic E-state index is 0.0521. The Labute approximate surface area is 170 Å². The fourth-order valence-electron chi connectivity index (χ4n) is 6.43. The molecule has 4 aliphatic rings. The molecule has 162 valence electrons. The second kappa shape index (κ2) is 7.88. The summed E-state index contributed by atoms with van der Waals surface area (Å²) in [5.74, 6) is 1.65. The number of rotatable bonds is 9. The van der Waals surface area contributed by atoms with Crippen LogP contribution in [0.5, 0.6) is 0 Å². The summed E-state index contributed by atoms with van der Waals surface area (Å²) in [6.45, 7) is 10.5. The number of carbonyl (C=O) groups is 1. The molecule has 5 heteroatoms. The molecule has 0 heterocycles. The number of aliphatic hydroxyl groups excluding tert-OH is 2. The fourth-order valence-corrected chi connectivity index (χ4v) is 6.43. The summed E-state index contributed by atoms with van der Waals surface area (Å²) in [4.78, 5) is 13.4. The number of aliphatic hydroxyl groups is 2. The molecule has 28 heavy (non-hydrogen) atoms. The molecule has 4 rings (SSSR count). The molecule has 4 atom stereocenters. The van der Waals surface area contributed by atoms with Gasteiger partial charge in [0.2, 0.25) is 0 Å². The van der Waals surface area contributed by atoms with Crippen LogP contribution >= 0.6 is 0 Å². The van der Waals surface area contributed by atoms with Gasteiger partial charge in [0.1, 0.15) is 11.7 Å². The summed E-state index contributed by atoms with van der Waals surface area (Å²) >= 11 is 0. The minimum atomic E-state index is -0.846. The Kier molecular flexibility index (Phi) is 6.21. The van der Waals surface area contributed by atoms with Gasteiger partial charge in [-0.3, -0.25) is 4.79 Å². The van der Waals surface area contributed by atoms with Crippen LogP contribution in [0.25, 0.3) is 0 Å². The molecular weight excluding hydrogens is 356 g/mol. The average molecular weight is 397 g/mol. The van der Waals surface area contributed by atoms with E-state index in [0.717, 1.165) is 38.5 Å². The van der Waals surface area contributed by atoms with Gasteiger partial charge in [0.15, 0.2) is 0 Å². The summed E-state index contributed by atoms with van der Waals surface area (Å²) in [6.07, 6.45) is 5.76. The maximum atomic E-state index is 13.4. The highest BCUT2D eigenvalue weighted by Crippen LogP contribution is 2.60. The fraction of sp³-hybridized carbons (Fsp3) is 0.957. The Bertz CT molecular complexity index is 557. The van der Waals surface area contributed by atoms with Crippen LogP contribution in [0.3, 0.4) is 0 Å². The van der Waals surface area contributed by atoms with E-state index in [4.69, 9.17) is 14.6 Å². The lowest BCUT2D eigenvalue weighted by Crippen LogP contribution is -2.62. The van der Waals surface area contributed by atoms with Crippen molar-refractivity contribution in [2.24, 2.45) is 29.1 Å². The highest BCUT2D eigenvalue weighted by atomic mass is 16.6. The predicted molar refractivity (Wildman–Crippen MR) is 108 cm³/mol. The minimum Gasteiger partial charge on any atom is -0.459 e. The van der Waals surface area contributed by atoms with Crippen molar-refractivity contribution in [2.45, 2.75) is 96.9 Å². The van der Waals surface area contributed by atoms with Crippen LogP contribution in [-0.4, -0.2) is 46.7 Å². The van der Waals surface area contributed by atoms with Crippen molar-refractivity contribution in [3.63, 3.8) is 0 Å². The van der Waals surface area contributed by atoms with Gasteiger partial charge in [0.05, 0.1) is 24.2 Å². The number of esters is 1. The lowest BCUT2D eigenvalue weighted by Gasteiger charge is -2.61. The van der Waals surface area contributed by atoms with Gasteiger partial charge in [0, 0.05) is 6.42 Å². The Balaban J connectivity index is 1.77. The molecule has 4 aliphatic carbocycles. The summed E-state index contributed by atoms with van der Waals surface area (Å²) in [6, 6.07) is 0. The van der Waals surface area contributed by atoms with Crippen LogP contribution < -0.4 is 0 Å². The number of hydrogen-bond acceptors (Lipinski definition) is 5. The van der Waals surface area contributed by atoms with E-state index in [2.05, 4.69) is 34.6 Å². The Morgan fingerprint density at radius 3 is 2.18 bits per heavy atom. The van der Waals surface area contributed by atoms with Crippen molar-refractivity contribution >= 4 is 5.97 Å². The molecule has 4 bridgehead atoms. The zero-order chi connectivity index (χ0) is 20.7. The van der Waals surface area contributed by atoms with E-state index in [0.29, 0.717) is 17.8 Å². The van der Waals surface area contributed by atoms with E-state index in [1.807, 2.05) is 0 Å². The number of hydrogen-bond donors (Lipinski definition) is 2. The number of carbonyl (C=O) groups excluding carboxylic acids is 1. The maximum Gasteiger partial charge on any atom is 0.312 e. The van der Waals surface area contributed by atoms with Crippen LogP contribution in [0.2, 0.25) is 0 Å². The van der Waals surface area contributed by atoms with Gasteiger partial charge in [-0.2, -0.15) is 0 Å². The molecule has 0 aromatic rings. The first-order chi connectivity index (χ1) is 13.0. The molecule has 2 N–H and O–H groups in total. The molecule has 0 aromatic heterocycles. The molecule has 0 spiro atoms. The third-order valence-corrected chi connectivity index (χ3v) is 7.63. The first-order valence-electron chi connectivity index (χ1n) is 11.2. The first kappa shape index (κ1) is 22.0. The summed E-state index contributed by atoms with van der Waals surface area (Å²) in [5, 5.41) is 18.9. The average Bonchev–Trinajstić information content (AvgIpc) is 2.57. The normalized spacial score (nSPS) is 37.3. The molecule has 4 fully saturated rings.